The molecule has 5 heteroatoms. The number of benzene rings is 2. The van der Waals surface area contributed by atoms with Crippen molar-refractivity contribution in [3.8, 4) is 0 Å². The summed E-state index contributed by atoms with van der Waals surface area (Å²) in [5, 5.41) is 4.90. The number of carbonyl (C=O) groups excluding carboxylic acids is 2. The van der Waals surface area contributed by atoms with E-state index in [9.17, 15) is 9.59 Å². The highest BCUT2D eigenvalue weighted by atomic mass is 16.3. The molecule has 2 aromatic carbocycles. The van der Waals surface area contributed by atoms with Crippen molar-refractivity contribution in [2.24, 2.45) is 0 Å². The molecule has 1 N–H and O–H groups in total. The van der Waals surface area contributed by atoms with E-state index in [0.29, 0.717) is 12.1 Å². The predicted octanol–water partition coefficient (Wildman–Crippen LogP) is 2.82. The zero-order chi connectivity index (χ0) is 16.9. The SMILES string of the molecule is CN(Cc1ccc2ccccc2c1)C(=O)CNC(=O)c1ccoc1. The molecule has 0 fully saturated rings. The van der Waals surface area contributed by atoms with Gasteiger partial charge < -0.3 is 14.6 Å². The molecule has 0 saturated carbocycles. The van der Waals surface area contributed by atoms with Crippen LogP contribution in [-0.2, 0) is 11.3 Å². The van der Waals surface area contributed by atoms with Crippen LogP contribution in [0.4, 0.5) is 0 Å². The fraction of sp³-hybridized carbons (Fsp3) is 0.158. The Morgan fingerprint density at radius 1 is 1.08 bits per heavy atom. The van der Waals surface area contributed by atoms with Crippen molar-refractivity contribution in [3.05, 3.63) is 72.2 Å². The molecule has 0 bridgehead atoms. The summed E-state index contributed by atoms with van der Waals surface area (Å²) in [6, 6.07) is 15.8. The van der Waals surface area contributed by atoms with Crippen LogP contribution in [0.2, 0.25) is 0 Å². The summed E-state index contributed by atoms with van der Waals surface area (Å²) < 4.78 is 4.85. The summed E-state index contributed by atoms with van der Waals surface area (Å²) in [5.41, 5.74) is 1.45. The largest absolute Gasteiger partial charge is 0.472 e. The lowest BCUT2D eigenvalue weighted by Crippen LogP contribution is -2.37. The topological polar surface area (TPSA) is 62.6 Å². The average Bonchev–Trinajstić information content (AvgIpc) is 3.14. The molecule has 0 radical (unpaired) electrons. The van der Waals surface area contributed by atoms with Crippen LogP contribution >= 0.6 is 0 Å². The van der Waals surface area contributed by atoms with Crippen LogP contribution in [0.1, 0.15) is 15.9 Å². The van der Waals surface area contributed by atoms with Gasteiger partial charge in [0.15, 0.2) is 0 Å². The molecule has 24 heavy (non-hydrogen) atoms. The molecule has 2 amide bonds. The highest BCUT2D eigenvalue weighted by molar-refractivity contribution is 5.96. The number of hydrogen-bond acceptors (Lipinski definition) is 3. The molecule has 0 aliphatic carbocycles. The monoisotopic (exact) mass is 322 g/mol. The highest BCUT2D eigenvalue weighted by Crippen LogP contribution is 2.16. The maximum Gasteiger partial charge on any atom is 0.254 e. The fourth-order valence-corrected chi connectivity index (χ4v) is 2.49. The Morgan fingerprint density at radius 3 is 2.62 bits per heavy atom. The second-order valence-electron chi connectivity index (χ2n) is 5.63. The first-order valence-corrected chi connectivity index (χ1v) is 7.65. The minimum absolute atomic E-state index is 0.0475. The van der Waals surface area contributed by atoms with E-state index in [1.54, 1.807) is 18.0 Å². The molecule has 5 nitrogen and oxygen atoms in total. The summed E-state index contributed by atoms with van der Waals surface area (Å²) in [7, 11) is 1.72. The normalized spacial score (nSPS) is 10.5. The van der Waals surface area contributed by atoms with Gasteiger partial charge in [-0.05, 0) is 28.5 Å². The number of fused-ring (bicyclic) bond motifs is 1. The Morgan fingerprint density at radius 2 is 1.88 bits per heavy atom. The molecule has 0 aliphatic rings. The van der Waals surface area contributed by atoms with E-state index < -0.39 is 0 Å². The molecule has 0 atom stereocenters. The third-order valence-electron chi connectivity index (χ3n) is 3.84. The third kappa shape index (κ3) is 3.63. The Hall–Kier alpha value is -3.08. The van der Waals surface area contributed by atoms with Gasteiger partial charge in [0.05, 0.1) is 18.4 Å². The zero-order valence-corrected chi connectivity index (χ0v) is 13.4. The Kier molecular flexibility index (Phi) is 4.61. The van der Waals surface area contributed by atoms with Gasteiger partial charge >= 0.3 is 0 Å². The van der Waals surface area contributed by atoms with E-state index in [1.807, 2.05) is 30.3 Å². The second-order valence-corrected chi connectivity index (χ2v) is 5.63. The summed E-state index contributed by atoms with van der Waals surface area (Å²) in [6.45, 7) is 0.444. The smallest absolute Gasteiger partial charge is 0.254 e. The lowest BCUT2D eigenvalue weighted by Gasteiger charge is -2.18. The van der Waals surface area contributed by atoms with Crippen LogP contribution in [-0.4, -0.2) is 30.3 Å². The summed E-state index contributed by atoms with van der Waals surface area (Å²) in [6.07, 6.45) is 2.77. The molecule has 3 rings (SSSR count). The van der Waals surface area contributed by atoms with Gasteiger partial charge in [0.1, 0.15) is 6.26 Å². The molecule has 3 aromatic rings. The van der Waals surface area contributed by atoms with Gasteiger partial charge in [-0.1, -0.05) is 36.4 Å². The number of furan rings is 1. The van der Waals surface area contributed by atoms with Crippen molar-refractivity contribution in [1.29, 1.82) is 0 Å². The predicted molar refractivity (Wildman–Crippen MR) is 91.5 cm³/mol. The van der Waals surface area contributed by atoms with Crippen molar-refractivity contribution in [1.82, 2.24) is 10.2 Å². The van der Waals surface area contributed by atoms with E-state index in [-0.39, 0.29) is 18.4 Å². The quantitative estimate of drug-likeness (QED) is 0.785. The molecule has 122 valence electrons. The second kappa shape index (κ2) is 7.00. The van der Waals surface area contributed by atoms with Crippen molar-refractivity contribution in [3.63, 3.8) is 0 Å². The van der Waals surface area contributed by atoms with Gasteiger partial charge in [0.2, 0.25) is 5.91 Å². The molecule has 1 aromatic heterocycles. The van der Waals surface area contributed by atoms with E-state index in [2.05, 4.69) is 17.4 Å². The number of likely N-dealkylation sites (N-methyl/N-ethyl adjacent to an activating group) is 1. The van der Waals surface area contributed by atoms with Crippen molar-refractivity contribution < 1.29 is 14.0 Å². The van der Waals surface area contributed by atoms with Gasteiger partial charge in [-0.2, -0.15) is 0 Å². The first kappa shape index (κ1) is 15.8. The van der Waals surface area contributed by atoms with Gasteiger partial charge in [-0.3, -0.25) is 9.59 Å². The van der Waals surface area contributed by atoms with Gasteiger partial charge in [0.25, 0.3) is 5.91 Å². The first-order valence-electron chi connectivity index (χ1n) is 7.65. The number of nitrogens with zero attached hydrogens (tertiary/aromatic N) is 1. The van der Waals surface area contributed by atoms with Crippen LogP contribution in [0.3, 0.4) is 0 Å². The number of carbonyl (C=O) groups is 2. The van der Waals surface area contributed by atoms with Crippen molar-refractivity contribution in [2.45, 2.75) is 6.54 Å². The highest BCUT2D eigenvalue weighted by Gasteiger charge is 2.12. The molecular formula is C19H18N2O3. The summed E-state index contributed by atoms with van der Waals surface area (Å²) >= 11 is 0. The maximum absolute atomic E-state index is 12.2. The lowest BCUT2D eigenvalue weighted by molar-refractivity contribution is -0.129. The van der Waals surface area contributed by atoms with Crippen LogP contribution < -0.4 is 5.32 Å². The van der Waals surface area contributed by atoms with Crippen LogP contribution in [0.25, 0.3) is 10.8 Å². The van der Waals surface area contributed by atoms with E-state index in [0.717, 1.165) is 10.9 Å². The zero-order valence-electron chi connectivity index (χ0n) is 13.4. The Bertz CT molecular complexity index is 856. The lowest BCUT2D eigenvalue weighted by atomic mass is 10.1. The van der Waals surface area contributed by atoms with Gasteiger partial charge in [-0.25, -0.2) is 0 Å². The standard InChI is InChI=1S/C19H18N2O3/c1-21(18(22)11-20-19(23)17-8-9-24-13-17)12-14-6-7-15-4-2-3-5-16(15)10-14/h2-10,13H,11-12H2,1H3,(H,20,23). The maximum atomic E-state index is 12.2. The van der Waals surface area contributed by atoms with Crippen molar-refractivity contribution >= 4 is 22.6 Å². The average molecular weight is 322 g/mol. The minimum Gasteiger partial charge on any atom is -0.472 e. The number of nitrogens with one attached hydrogen (secondary N) is 1. The van der Waals surface area contributed by atoms with Crippen LogP contribution in [0.5, 0.6) is 0 Å². The van der Waals surface area contributed by atoms with Gasteiger partial charge in [0, 0.05) is 13.6 Å². The molecule has 0 aliphatic heterocycles. The van der Waals surface area contributed by atoms with E-state index in [1.165, 1.54) is 17.9 Å². The number of rotatable bonds is 5. The Labute approximate surface area is 139 Å². The number of amides is 2. The summed E-state index contributed by atoms with van der Waals surface area (Å²) in [4.78, 5) is 25.6. The molecule has 0 saturated heterocycles. The summed E-state index contributed by atoms with van der Waals surface area (Å²) in [5.74, 6) is -0.476. The Balaban J connectivity index is 1.57. The number of hydrogen-bond donors (Lipinski definition) is 1. The van der Waals surface area contributed by atoms with E-state index >= 15 is 0 Å². The molecule has 0 unspecified atom stereocenters. The minimum atomic E-state index is -0.323. The molecular weight excluding hydrogens is 304 g/mol. The fourth-order valence-electron chi connectivity index (χ4n) is 2.49. The molecule has 0 spiro atoms. The first-order chi connectivity index (χ1) is 11.6. The van der Waals surface area contributed by atoms with Gasteiger partial charge in [-0.15, -0.1) is 0 Å². The van der Waals surface area contributed by atoms with Crippen LogP contribution in [0.15, 0.2) is 65.5 Å². The van der Waals surface area contributed by atoms with E-state index in [4.69, 9.17) is 4.42 Å². The third-order valence-corrected chi connectivity index (χ3v) is 3.84. The molecule has 1 heterocycles. The van der Waals surface area contributed by atoms with Crippen LogP contribution in [0, 0.1) is 0 Å². The van der Waals surface area contributed by atoms with Crippen molar-refractivity contribution in [2.75, 3.05) is 13.6 Å².